The van der Waals surface area contributed by atoms with Gasteiger partial charge in [-0.2, -0.15) is 0 Å². The second-order valence-electron chi connectivity index (χ2n) is 6.33. The Morgan fingerprint density at radius 1 is 1.20 bits per heavy atom. The Hall–Kier alpha value is -2.40. The molecule has 130 valence electrons. The summed E-state index contributed by atoms with van der Waals surface area (Å²) in [6, 6.07) is 13.5. The predicted octanol–water partition coefficient (Wildman–Crippen LogP) is 3.77. The molecule has 6 heteroatoms. The number of fused-ring (bicyclic) bond motifs is 1. The van der Waals surface area contributed by atoms with Crippen LogP contribution in [0.15, 0.2) is 42.5 Å². The van der Waals surface area contributed by atoms with Gasteiger partial charge in [-0.05, 0) is 41.8 Å². The summed E-state index contributed by atoms with van der Waals surface area (Å²) < 4.78 is 10.8. The van der Waals surface area contributed by atoms with E-state index in [4.69, 9.17) is 21.1 Å². The molecule has 1 saturated heterocycles. The fourth-order valence-electron chi connectivity index (χ4n) is 3.32. The number of hydrogen-bond donors (Lipinski definition) is 1. The van der Waals surface area contributed by atoms with Gasteiger partial charge in [-0.25, -0.2) is 4.79 Å². The van der Waals surface area contributed by atoms with Crippen molar-refractivity contribution in [3.63, 3.8) is 0 Å². The van der Waals surface area contributed by atoms with Gasteiger partial charge in [-0.15, -0.1) is 0 Å². The highest BCUT2D eigenvalue weighted by Crippen LogP contribution is 2.37. The number of hydrogen-bond acceptors (Lipinski definition) is 3. The van der Waals surface area contributed by atoms with Crippen LogP contribution in [0.2, 0.25) is 5.02 Å². The molecule has 2 amide bonds. The summed E-state index contributed by atoms with van der Waals surface area (Å²) in [5, 5.41) is 3.64. The molecule has 0 spiro atoms. The Bertz CT molecular complexity index is 796. The van der Waals surface area contributed by atoms with E-state index < -0.39 is 0 Å². The molecule has 0 radical (unpaired) electrons. The normalized spacial score (nSPS) is 18.4. The molecule has 1 unspecified atom stereocenters. The quantitative estimate of drug-likeness (QED) is 0.908. The second kappa shape index (κ2) is 6.84. The Labute approximate surface area is 151 Å². The molecule has 2 aromatic rings. The smallest absolute Gasteiger partial charge is 0.317 e. The molecule has 0 aromatic heterocycles. The maximum atomic E-state index is 12.4. The van der Waals surface area contributed by atoms with Crippen molar-refractivity contribution in [1.29, 1.82) is 0 Å². The van der Waals surface area contributed by atoms with Crippen molar-refractivity contribution in [2.75, 3.05) is 19.9 Å². The van der Waals surface area contributed by atoms with Crippen LogP contribution in [0.1, 0.15) is 23.5 Å². The van der Waals surface area contributed by atoms with Crippen molar-refractivity contribution in [2.24, 2.45) is 0 Å². The third-order valence-electron chi connectivity index (χ3n) is 4.68. The third kappa shape index (κ3) is 3.51. The van der Waals surface area contributed by atoms with Crippen molar-refractivity contribution in [3.05, 3.63) is 58.6 Å². The monoisotopic (exact) mass is 358 g/mol. The number of rotatable bonds is 3. The van der Waals surface area contributed by atoms with Crippen LogP contribution in [-0.2, 0) is 6.54 Å². The molecule has 4 rings (SSSR count). The molecular weight excluding hydrogens is 340 g/mol. The summed E-state index contributed by atoms with van der Waals surface area (Å²) in [5.74, 6) is 1.91. The lowest BCUT2D eigenvalue weighted by molar-refractivity contribution is 0.174. The maximum Gasteiger partial charge on any atom is 0.317 e. The Morgan fingerprint density at radius 3 is 2.96 bits per heavy atom. The van der Waals surface area contributed by atoms with Gasteiger partial charge in [0.1, 0.15) is 0 Å². The highest BCUT2D eigenvalue weighted by molar-refractivity contribution is 6.30. The van der Waals surface area contributed by atoms with Gasteiger partial charge in [0.25, 0.3) is 0 Å². The zero-order chi connectivity index (χ0) is 17.2. The first-order valence-corrected chi connectivity index (χ1v) is 8.73. The zero-order valence-electron chi connectivity index (χ0n) is 13.7. The molecule has 0 aliphatic carbocycles. The number of amides is 2. The second-order valence-corrected chi connectivity index (χ2v) is 6.77. The van der Waals surface area contributed by atoms with E-state index in [1.807, 2.05) is 41.3 Å². The molecule has 2 aromatic carbocycles. The summed E-state index contributed by atoms with van der Waals surface area (Å²) >= 11 is 5.97. The van der Waals surface area contributed by atoms with Crippen LogP contribution >= 0.6 is 11.6 Å². The van der Waals surface area contributed by atoms with Gasteiger partial charge in [-0.3, -0.25) is 0 Å². The lowest BCUT2D eigenvalue weighted by Gasteiger charge is -2.18. The molecule has 2 heterocycles. The van der Waals surface area contributed by atoms with Gasteiger partial charge < -0.3 is 19.7 Å². The first-order valence-electron chi connectivity index (χ1n) is 8.36. The van der Waals surface area contributed by atoms with E-state index in [2.05, 4.69) is 11.4 Å². The lowest BCUT2D eigenvalue weighted by Crippen LogP contribution is -2.37. The van der Waals surface area contributed by atoms with Crippen LogP contribution in [0.5, 0.6) is 11.5 Å². The minimum Gasteiger partial charge on any atom is -0.454 e. The number of nitrogens with one attached hydrogen (secondary N) is 1. The van der Waals surface area contributed by atoms with E-state index in [9.17, 15) is 4.79 Å². The molecule has 2 aliphatic rings. The van der Waals surface area contributed by atoms with E-state index in [-0.39, 0.29) is 12.8 Å². The highest BCUT2D eigenvalue weighted by Gasteiger charge is 2.28. The molecule has 0 bridgehead atoms. The molecule has 1 N–H and O–H groups in total. The lowest BCUT2D eigenvalue weighted by atomic mass is 9.98. The predicted molar refractivity (Wildman–Crippen MR) is 95.2 cm³/mol. The summed E-state index contributed by atoms with van der Waals surface area (Å²) in [7, 11) is 0. The Kier molecular flexibility index (Phi) is 4.40. The molecule has 2 aliphatic heterocycles. The number of likely N-dealkylation sites (tertiary alicyclic amines) is 1. The van der Waals surface area contributed by atoms with Gasteiger partial charge >= 0.3 is 6.03 Å². The summed E-state index contributed by atoms with van der Waals surface area (Å²) in [6.45, 7) is 2.22. The molecule has 1 fully saturated rings. The minimum absolute atomic E-state index is 0.0387. The SMILES string of the molecule is O=C(NCc1cccc(Cl)c1)N1CCC(c2ccc3c(c2)OCO3)C1. The molecule has 25 heavy (non-hydrogen) atoms. The number of nitrogens with zero attached hydrogens (tertiary/aromatic N) is 1. The van der Waals surface area contributed by atoms with Crippen molar-refractivity contribution in [1.82, 2.24) is 10.2 Å². The van der Waals surface area contributed by atoms with Crippen LogP contribution in [0.25, 0.3) is 0 Å². The van der Waals surface area contributed by atoms with Crippen molar-refractivity contribution in [3.8, 4) is 11.5 Å². The minimum atomic E-state index is -0.0387. The topological polar surface area (TPSA) is 50.8 Å². The van der Waals surface area contributed by atoms with Gasteiger partial charge in [0.15, 0.2) is 11.5 Å². The first kappa shape index (κ1) is 16.1. The number of benzene rings is 2. The van der Waals surface area contributed by atoms with E-state index in [1.54, 1.807) is 0 Å². The maximum absolute atomic E-state index is 12.4. The van der Waals surface area contributed by atoms with Crippen molar-refractivity contribution < 1.29 is 14.3 Å². The highest BCUT2D eigenvalue weighted by atomic mass is 35.5. The molecular formula is C19H19ClN2O3. The van der Waals surface area contributed by atoms with Crippen LogP contribution in [-0.4, -0.2) is 30.8 Å². The molecule has 1 atom stereocenters. The summed E-state index contributed by atoms with van der Waals surface area (Å²) in [5.41, 5.74) is 2.18. The van der Waals surface area contributed by atoms with E-state index in [0.717, 1.165) is 30.0 Å². The number of carbonyl (C=O) groups excluding carboxylic acids is 1. The van der Waals surface area contributed by atoms with Crippen molar-refractivity contribution in [2.45, 2.75) is 18.9 Å². The van der Waals surface area contributed by atoms with Gasteiger partial charge in [0, 0.05) is 30.6 Å². The standard InChI is InChI=1S/C19H19ClN2O3/c20-16-3-1-2-13(8-16)10-21-19(23)22-7-6-15(11-22)14-4-5-17-18(9-14)25-12-24-17/h1-5,8-9,15H,6-7,10-12H2,(H,21,23). The number of carbonyl (C=O) groups is 1. The van der Waals surface area contributed by atoms with Crippen LogP contribution in [0.3, 0.4) is 0 Å². The fraction of sp³-hybridized carbons (Fsp3) is 0.316. The van der Waals surface area contributed by atoms with E-state index in [1.165, 1.54) is 5.56 Å². The summed E-state index contributed by atoms with van der Waals surface area (Å²) in [6.07, 6.45) is 0.949. The van der Waals surface area contributed by atoms with E-state index >= 15 is 0 Å². The molecule has 0 saturated carbocycles. The summed E-state index contributed by atoms with van der Waals surface area (Å²) in [4.78, 5) is 14.3. The Morgan fingerprint density at radius 2 is 2.08 bits per heavy atom. The zero-order valence-corrected chi connectivity index (χ0v) is 14.5. The average Bonchev–Trinajstić information content (AvgIpc) is 3.28. The average molecular weight is 359 g/mol. The molecule has 5 nitrogen and oxygen atoms in total. The number of halogens is 1. The van der Waals surface area contributed by atoms with Gasteiger partial charge in [-0.1, -0.05) is 29.8 Å². The van der Waals surface area contributed by atoms with Crippen molar-refractivity contribution >= 4 is 17.6 Å². The largest absolute Gasteiger partial charge is 0.454 e. The number of urea groups is 1. The fourth-order valence-corrected chi connectivity index (χ4v) is 3.53. The van der Waals surface area contributed by atoms with E-state index in [0.29, 0.717) is 24.0 Å². The van der Waals surface area contributed by atoms with Gasteiger partial charge in [0.05, 0.1) is 0 Å². The van der Waals surface area contributed by atoms with Crippen LogP contribution in [0.4, 0.5) is 4.79 Å². The van der Waals surface area contributed by atoms with Crippen LogP contribution in [0, 0.1) is 0 Å². The number of ether oxygens (including phenoxy) is 2. The first-order chi connectivity index (χ1) is 12.2. The third-order valence-corrected chi connectivity index (χ3v) is 4.91. The Balaban J connectivity index is 1.34. The van der Waals surface area contributed by atoms with Crippen LogP contribution < -0.4 is 14.8 Å². The van der Waals surface area contributed by atoms with Gasteiger partial charge in [0.2, 0.25) is 6.79 Å².